The van der Waals surface area contributed by atoms with Crippen LogP contribution in [0.5, 0.6) is 0 Å². The Labute approximate surface area is 223 Å². The summed E-state index contributed by atoms with van der Waals surface area (Å²) in [7, 11) is 2.05. The zero-order chi connectivity index (χ0) is 25.5. The lowest BCUT2D eigenvalue weighted by molar-refractivity contribution is 1.23. The van der Waals surface area contributed by atoms with Crippen LogP contribution in [0.1, 0.15) is 5.56 Å². The first-order valence-corrected chi connectivity index (χ1v) is 12.8. The molecule has 5 aromatic rings. The minimum atomic E-state index is 0.482. The van der Waals surface area contributed by atoms with E-state index in [0.717, 1.165) is 44.9 Å². The van der Waals surface area contributed by atoms with Crippen LogP contribution in [0, 0.1) is 0 Å². The van der Waals surface area contributed by atoms with E-state index >= 15 is 0 Å². The summed E-state index contributed by atoms with van der Waals surface area (Å²) in [6.07, 6.45) is 0. The molecule has 182 valence electrons. The van der Waals surface area contributed by atoms with Gasteiger partial charge in [0.25, 0.3) is 0 Å². The average Bonchev–Trinajstić information content (AvgIpc) is 2.98. The van der Waals surface area contributed by atoms with Crippen LogP contribution in [-0.2, 0) is 5.88 Å². The molecule has 0 radical (unpaired) electrons. The molecule has 3 nitrogen and oxygen atoms in total. The molecular weight excluding hydrogens is 474 g/mol. The van der Waals surface area contributed by atoms with Crippen LogP contribution in [-0.4, -0.2) is 13.0 Å². The topological polar surface area (TPSA) is 27.6 Å². The molecule has 0 aliphatic carbocycles. The number of nitrogens with zero attached hydrogens (tertiary/aromatic N) is 2. The third-order valence-electron chi connectivity index (χ3n) is 6.25. The van der Waals surface area contributed by atoms with E-state index in [1.165, 1.54) is 0 Å². The van der Waals surface area contributed by atoms with Crippen molar-refractivity contribution in [1.29, 1.82) is 0 Å². The minimum Gasteiger partial charge on any atom is -0.326 e. The van der Waals surface area contributed by atoms with Crippen LogP contribution in [0.4, 0.5) is 17.1 Å². The molecule has 0 aromatic heterocycles. The molecule has 5 rings (SSSR count). The van der Waals surface area contributed by atoms with Crippen LogP contribution in [0.2, 0.25) is 0 Å². The van der Waals surface area contributed by atoms with E-state index in [2.05, 4.69) is 95.1 Å². The number of hydrogen-bond donors (Lipinski definition) is 1. The van der Waals surface area contributed by atoms with Gasteiger partial charge in [0.15, 0.2) is 0 Å². The molecule has 0 saturated carbocycles. The van der Waals surface area contributed by atoms with Gasteiger partial charge in [0.1, 0.15) is 0 Å². The molecular formula is C33H28ClN3. The molecule has 0 fully saturated rings. The second kappa shape index (κ2) is 11.6. The first kappa shape index (κ1) is 24.4. The summed E-state index contributed by atoms with van der Waals surface area (Å²) in [5, 5.41) is 3.57. The van der Waals surface area contributed by atoms with Crippen molar-refractivity contribution in [2.24, 2.45) is 4.99 Å². The number of nitrogens with one attached hydrogen (secondary N) is 1. The standard InChI is InChI=1S/C33H28ClN3/c1-37(32-19-11-9-17-30(32)27-14-6-3-7-15-27)33(35-28-22-20-25(24-34)21-23-28)36-31-18-10-8-16-29(31)26-12-4-2-5-13-26/h2-23H,24H2,1H3,(H,35,36). The van der Waals surface area contributed by atoms with Crippen LogP contribution < -0.4 is 10.2 Å². The highest BCUT2D eigenvalue weighted by Gasteiger charge is 2.16. The second-order valence-electron chi connectivity index (χ2n) is 8.72. The predicted molar refractivity (Wildman–Crippen MR) is 159 cm³/mol. The summed E-state index contributed by atoms with van der Waals surface area (Å²) in [5.41, 5.74) is 8.43. The van der Waals surface area contributed by atoms with Crippen molar-refractivity contribution >= 4 is 34.6 Å². The molecule has 1 N–H and O–H groups in total. The van der Waals surface area contributed by atoms with Crippen molar-refractivity contribution in [1.82, 2.24) is 0 Å². The molecule has 5 aromatic carbocycles. The van der Waals surface area contributed by atoms with Crippen molar-refractivity contribution in [3.63, 3.8) is 0 Å². The van der Waals surface area contributed by atoms with Gasteiger partial charge in [-0.2, -0.15) is 0 Å². The smallest absolute Gasteiger partial charge is 0.208 e. The molecule has 0 saturated heterocycles. The Morgan fingerprint density at radius 3 is 1.84 bits per heavy atom. The Morgan fingerprint density at radius 2 is 1.19 bits per heavy atom. The van der Waals surface area contributed by atoms with E-state index in [-0.39, 0.29) is 0 Å². The number of anilines is 2. The van der Waals surface area contributed by atoms with Crippen LogP contribution in [0.15, 0.2) is 138 Å². The second-order valence-corrected chi connectivity index (χ2v) is 8.98. The van der Waals surface area contributed by atoms with Crippen molar-refractivity contribution in [2.75, 3.05) is 17.3 Å². The minimum absolute atomic E-state index is 0.482. The summed E-state index contributed by atoms with van der Waals surface area (Å²) in [6.45, 7) is 0. The number of rotatable bonds is 6. The quantitative estimate of drug-likeness (QED) is 0.143. The summed E-state index contributed by atoms with van der Waals surface area (Å²) in [6, 6.07) is 45.5. The molecule has 0 spiro atoms. The molecule has 0 aliphatic rings. The maximum absolute atomic E-state index is 6.02. The van der Waals surface area contributed by atoms with Gasteiger partial charge in [0.2, 0.25) is 5.96 Å². The number of hydrogen-bond acceptors (Lipinski definition) is 1. The van der Waals surface area contributed by atoms with Crippen LogP contribution in [0.3, 0.4) is 0 Å². The van der Waals surface area contributed by atoms with Gasteiger partial charge in [-0.1, -0.05) is 109 Å². The number of para-hydroxylation sites is 2. The monoisotopic (exact) mass is 501 g/mol. The molecule has 0 heterocycles. The zero-order valence-electron chi connectivity index (χ0n) is 20.7. The first-order valence-electron chi connectivity index (χ1n) is 12.3. The number of alkyl halides is 1. The number of guanidine groups is 1. The predicted octanol–water partition coefficient (Wildman–Crippen LogP) is 9.00. The maximum atomic E-state index is 6.02. The largest absolute Gasteiger partial charge is 0.326 e. The van der Waals surface area contributed by atoms with Gasteiger partial charge in [-0.05, 0) is 41.0 Å². The SMILES string of the molecule is CN(C(=Nc1ccccc1-c1ccccc1)Nc1ccc(CCl)cc1)c1ccccc1-c1ccccc1. The molecule has 0 amide bonds. The third kappa shape index (κ3) is 5.74. The van der Waals surface area contributed by atoms with Crippen molar-refractivity contribution in [3.8, 4) is 22.3 Å². The van der Waals surface area contributed by atoms with Crippen molar-refractivity contribution in [3.05, 3.63) is 139 Å². The fourth-order valence-corrected chi connectivity index (χ4v) is 4.46. The lowest BCUT2D eigenvalue weighted by Crippen LogP contribution is -2.33. The van der Waals surface area contributed by atoms with Gasteiger partial charge >= 0.3 is 0 Å². The lowest BCUT2D eigenvalue weighted by atomic mass is 10.0. The fourth-order valence-electron chi connectivity index (χ4n) is 4.28. The first-order chi connectivity index (χ1) is 18.2. The molecule has 0 bridgehead atoms. The average molecular weight is 502 g/mol. The normalized spacial score (nSPS) is 11.2. The van der Waals surface area contributed by atoms with Crippen molar-refractivity contribution < 1.29 is 0 Å². The van der Waals surface area contributed by atoms with Gasteiger partial charge < -0.3 is 10.2 Å². The molecule has 37 heavy (non-hydrogen) atoms. The Morgan fingerprint density at radius 1 is 0.649 bits per heavy atom. The van der Waals surface area contributed by atoms with Gasteiger partial charge in [0, 0.05) is 29.7 Å². The van der Waals surface area contributed by atoms with Gasteiger partial charge in [-0.25, -0.2) is 4.99 Å². The van der Waals surface area contributed by atoms with Gasteiger partial charge in [0.05, 0.1) is 11.4 Å². The van der Waals surface area contributed by atoms with Gasteiger partial charge in [-0.15, -0.1) is 11.6 Å². The van der Waals surface area contributed by atoms with E-state index in [9.17, 15) is 0 Å². The van der Waals surface area contributed by atoms with E-state index < -0.39 is 0 Å². The number of halogens is 1. The van der Waals surface area contributed by atoms with E-state index in [4.69, 9.17) is 16.6 Å². The Bertz CT molecular complexity index is 1480. The molecule has 0 aliphatic heterocycles. The van der Waals surface area contributed by atoms with E-state index in [1.54, 1.807) is 0 Å². The van der Waals surface area contributed by atoms with E-state index in [0.29, 0.717) is 11.8 Å². The molecule has 4 heteroatoms. The zero-order valence-corrected chi connectivity index (χ0v) is 21.4. The highest BCUT2D eigenvalue weighted by Crippen LogP contribution is 2.33. The van der Waals surface area contributed by atoms with Gasteiger partial charge in [-0.3, -0.25) is 0 Å². The molecule has 0 unspecified atom stereocenters. The Balaban J connectivity index is 1.61. The highest BCUT2D eigenvalue weighted by atomic mass is 35.5. The van der Waals surface area contributed by atoms with Crippen LogP contribution >= 0.6 is 11.6 Å². The summed E-state index contributed by atoms with van der Waals surface area (Å²) in [5.74, 6) is 1.20. The lowest BCUT2D eigenvalue weighted by Gasteiger charge is -2.25. The summed E-state index contributed by atoms with van der Waals surface area (Å²) >= 11 is 6.02. The number of benzene rings is 5. The third-order valence-corrected chi connectivity index (χ3v) is 6.56. The highest BCUT2D eigenvalue weighted by molar-refractivity contribution is 6.17. The summed E-state index contributed by atoms with van der Waals surface area (Å²) in [4.78, 5) is 7.30. The van der Waals surface area contributed by atoms with Crippen molar-refractivity contribution in [2.45, 2.75) is 5.88 Å². The van der Waals surface area contributed by atoms with E-state index in [1.807, 2.05) is 55.6 Å². The summed E-state index contributed by atoms with van der Waals surface area (Å²) < 4.78 is 0. The fraction of sp³-hybridized carbons (Fsp3) is 0.0606. The van der Waals surface area contributed by atoms with Crippen LogP contribution in [0.25, 0.3) is 22.3 Å². The Kier molecular flexibility index (Phi) is 7.63. The Hall–Kier alpha value is -4.34. The molecule has 0 atom stereocenters. The number of aliphatic imine (C=N–C) groups is 1. The maximum Gasteiger partial charge on any atom is 0.208 e.